The van der Waals surface area contributed by atoms with Gasteiger partial charge in [-0.2, -0.15) is 0 Å². The van der Waals surface area contributed by atoms with Gasteiger partial charge in [0.25, 0.3) is 0 Å². The number of rotatable bonds is 15. The summed E-state index contributed by atoms with van der Waals surface area (Å²) in [7, 11) is 0. The second kappa shape index (κ2) is 19.2. The fourth-order valence-electron chi connectivity index (χ4n) is 2.36. The first-order valence-corrected chi connectivity index (χ1v) is 8.69. The zero-order valence-electron chi connectivity index (χ0n) is 14.7. The van der Waals surface area contributed by atoms with E-state index in [-0.39, 0.29) is 42.1 Å². The van der Waals surface area contributed by atoms with Crippen molar-refractivity contribution in [3.8, 4) is 0 Å². The van der Waals surface area contributed by atoms with Gasteiger partial charge in [-0.05, 0) is 44.9 Å². The van der Waals surface area contributed by atoms with Crippen molar-refractivity contribution in [3.63, 3.8) is 0 Å². The van der Waals surface area contributed by atoms with E-state index in [9.17, 15) is 15.0 Å². The van der Waals surface area contributed by atoms with Gasteiger partial charge in [-0.15, -0.1) is 0 Å². The van der Waals surface area contributed by atoms with Crippen LogP contribution in [0.3, 0.4) is 0 Å². The minimum Gasteiger partial charge on any atom is -0.550 e. The number of hydrogen-bond donors (Lipinski definition) is 1. The third kappa shape index (κ3) is 20.2. The Balaban J connectivity index is 0. The summed E-state index contributed by atoms with van der Waals surface area (Å²) >= 11 is 0. The topological polar surface area (TPSA) is 60.4 Å². The molecule has 0 saturated heterocycles. The minimum absolute atomic E-state index is 0. The normalized spacial score (nSPS) is 12.3. The summed E-state index contributed by atoms with van der Waals surface area (Å²) < 4.78 is 0. The Morgan fingerprint density at radius 2 is 1.59 bits per heavy atom. The number of carbonyl (C=O) groups excluding carboxylic acids is 1. The number of carboxylic acid groups (broad SMARTS) is 1. The van der Waals surface area contributed by atoms with Gasteiger partial charge < -0.3 is 15.0 Å². The fourth-order valence-corrected chi connectivity index (χ4v) is 2.36. The van der Waals surface area contributed by atoms with Crippen LogP contribution in [-0.2, 0) is 4.79 Å². The molecular weight excluding hydrogens is 287 g/mol. The second-order valence-electron chi connectivity index (χ2n) is 5.88. The summed E-state index contributed by atoms with van der Waals surface area (Å²) in [4.78, 5) is 10.2. The Hall–Kier alpha value is 0.170. The molecule has 0 fully saturated rings. The van der Waals surface area contributed by atoms with Crippen molar-refractivity contribution >= 4 is 5.97 Å². The molecule has 0 aromatic carbocycles. The summed E-state index contributed by atoms with van der Waals surface area (Å²) in [5, 5.41) is 20.1. The Morgan fingerprint density at radius 3 is 2.27 bits per heavy atom. The number of aliphatic hydroxyl groups is 1. The molecule has 0 saturated carbocycles. The van der Waals surface area contributed by atoms with E-state index in [0.29, 0.717) is 6.42 Å². The Morgan fingerprint density at radius 1 is 0.955 bits per heavy atom. The van der Waals surface area contributed by atoms with Gasteiger partial charge in [-0.1, -0.05) is 57.6 Å². The number of unbranched alkanes of at least 4 members (excludes halogenated alkanes) is 7. The summed E-state index contributed by atoms with van der Waals surface area (Å²) in [5.41, 5.74) is 0. The molecule has 0 aliphatic rings. The van der Waals surface area contributed by atoms with Gasteiger partial charge >= 0.3 is 29.6 Å². The first kappa shape index (κ1) is 24.4. The van der Waals surface area contributed by atoms with Crippen molar-refractivity contribution in [2.75, 3.05) is 0 Å². The summed E-state index contributed by atoms with van der Waals surface area (Å²) in [6.45, 7) is 2.22. The van der Waals surface area contributed by atoms with Gasteiger partial charge in [-0.25, -0.2) is 0 Å². The van der Waals surface area contributed by atoms with Crippen molar-refractivity contribution in [1.82, 2.24) is 0 Å². The maximum absolute atomic E-state index is 10.2. The first-order chi connectivity index (χ1) is 10.2. The van der Waals surface area contributed by atoms with Crippen molar-refractivity contribution < 1.29 is 44.6 Å². The smallest absolute Gasteiger partial charge is 0.550 e. The Kier molecular flexibility index (Phi) is 21.3. The molecule has 1 N–H and O–H groups in total. The molecule has 0 radical (unpaired) electrons. The zero-order valence-corrected chi connectivity index (χ0v) is 16.7. The van der Waals surface area contributed by atoms with Crippen molar-refractivity contribution in [3.05, 3.63) is 12.2 Å². The molecule has 0 rings (SSSR count). The van der Waals surface area contributed by atoms with Crippen LogP contribution in [0.5, 0.6) is 0 Å². The number of carbonyl (C=O) groups is 1. The summed E-state index contributed by atoms with van der Waals surface area (Å²) in [6.07, 6.45) is 17.0. The van der Waals surface area contributed by atoms with Crippen LogP contribution in [0.4, 0.5) is 0 Å². The SMILES string of the molecule is CCCCCC/C=C/CCC(O)CCCCCCC(=O)[O-].[Na+]. The average Bonchev–Trinajstić information content (AvgIpc) is 2.45. The molecule has 0 amide bonds. The summed E-state index contributed by atoms with van der Waals surface area (Å²) in [6, 6.07) is 0. The minimum atomic E-state index is -0.962. The number of aliphatic carboxylic acids is 1. The van der Waals surface area contributed by atoms with Crippen LogP contribution in [0, 0.1) is 0 Å². The van der Waals surface area contributed by atoms with E-state index < -0.39 is 5.97 Å². The first-order valence-electron chi connectivity index (χ1n) is 8.69. The zero-order chi connectivity index (χ0) is 15.8. The van der Waals surface area contributed by atoms with E-state index in [4.69, 9.17) is 0 Å². The molecule has 0 spiro atoms. The van der Waals surface area contributed by atoms with Gasteiger partial charge in [0, 0.05) is 5.97 Å². The van der Waals surface area contributed by atoms with Gasteiger partial charge in [-0.3, -0.25) is 0 Å². The molecule has 0 aliphatic heterocycles. The van der Waals surface area contributed by atoms with Crippen LogP contribution in [0.2, 0.25) is 0 Å². The molecule has 0 bridgehead atoms. The molecule has 3 nitrogen and oxygen atoms in total. The van der Waals surface area contributed by atoms with E-state index in [1.165, 1.54) is 25.7 Å². The van der Waals surface area contributed by atoms with E-state index >= 15 is 0 Å². The standard InChI is InChI=1S/C18H34O3.Na/c1-2-3-4-5-6-7-8-11-14-17(19)15-12-9-10-13-16-18(20)21;/h7-8,17,19H,2-6,9-16H2,1H3,(H,20,21);/q;+1/p-1/b8-7+;. The van der Waals surface area contributed by atoms with Gasteiger partial charge in [0.1, 0.15) is 0 Å². The van der Waals surface area contributed by atoms with E-state index in [1.807, 2.05) is 0 Å². The van der Waals surface area contributed by atoms with Crippen molar-refractivity contribution in [2.45, 2.75) is 96.5 Å². The van der Waals surface area contributed by atoms with Crippen LogP contribution in [0.15, 0.2) is 12.2 Å². The van der Waals surface area contributed by atoms with Crippen LogP contribution in [0.25, 0.3) is 0 Å². The van der Waals surface area contributed by atoms with Crippen molar-refractivity contribution in [1.29, 1.82) is 0 Å². The predicted octanol–water partition coefficient (Wildman–Crippen LogP) is 0.749. The largest absolute Gasteiger partial charge is 1.00 e. The van der Waals surface area contributed by atoms with E-state index in [2.05, 4.69) is 19.1 Å². The number of aliphatic hydroxyl groups excluding tert-OH is 1. The molecular formula is C18H33NaO3. The molecule has 22 heavy (non-hydrogen) atoms. The van der Waals surface area contributed by atoms with Gasteiger partial charge in [0.2, 0.25) is 0 Å². The molecule has 0 aromatic heterocycles. The van der Waals surface area contributed by atoms with E-state index in [0.717, 1.165) is 44.9 Å². The summed E-state index contributed by atoms with van der Waals surface area (Å²) in [5.74, 6) is -0.962. The quantitative estimate of drug-likeness (QED) is 0.275. The maximum Gasteiger partial charge on any atom is 1.00 e. The average molecular weight is 320 g/mol. The predicted molar refractivity (Wildman–Crippen MR) is 85.8 cm³/mol. The molecule has 0 aromatic rings. The van der Waals surface area contributed by atoms with Crippen LogP contribution in [-0.4, -0.2) is 17.2 Å². The molecule has 1 atom stereocenters. The molecule has 124 valence electrons. The van der Waals surface area contributed by atoms with Crippen molar-refractivity contribution in [2.24, 2.45) is 0 Å². The number of carboxylic acids is 1. The third-order valence-corrected chi connectivity index (χ3v) is 3.73. The molecule has 0 heterocycles. The second-order valence-corrected chi connectivity index (χ2v) is 5.88. The third-order valence-electron chi connectivity index (χ3n) is 3.73. The maximum atomic E-state index is 10.2. The van der Waals surface area contributed by atoms with Crippen LogP contribution in [0.1, 0.15) is 90.4 Å². The molecule has 1 unspecified atom stereocenters. The molecule has 4 heteroatoms. The van der Waals surface area contributed by atoms with Crippen LogP contribution < -0.4 is 34.7 Å². The van der Waals surface area contributed by atoms with Crippen LogP contribution >= 0.6 is 0 Å². The monoisotopic (exact) mass is 320 g/mol. The Labute approximate surface area is 158 Å². The van der Waals surface area contributed by atoms with E-state index in [1.54, 1.807) is 0 Å². The fraction of sp³-hybridized carbons (Fsp3) is 0.833. The molecule has 0 aliphatic carbocycles. The Bertz CT molecular complexity index is 267. The van der Waals surface area contributed by atoms with Gasteiger partial charge in [0.15, 0.2) is 0 Å². The van der Waals surface area contributed by atoms with Gasteiger partial charge in [0.05, 0.1) is 6.10 Å². The number of allylic oxidation sites excluding steroid dienone is 2. The number of hydrogen-bond acceptors (Lipinski definition) is 3.